The second kappa shape index (κ2) is 9.73. The molecule has 3 aliphatic rings. The third kappa shape index (κ3) is 3.62. The van der Waals surface area contributed by atoms with Crippen molar-refractivity contribution in [2.75, 3.05) is 26.2 Å². The Morgan fingerprint density at radius 2 is 1.52 bits per heavy atom. The van der Waals surface area contributed by atoms with Gasteiger partial charge in [-0.15, -0.1) is 0 Å². The first-order chi connectivity index (χ1) is 20.0. The van der Waals surface area contributed by atoms with Crippen molar-refractivity contribution < 1.29 is 28.6 Å². The number of Topliss-reactive ketones (excluding diaryl/α,β-unsaturated/α-hetero) is 3. The minimum absolute atomic E-state index is 0.112. The molecule has 0 aromatic heterocycles. The molecule has 3 aromatic carbocycles. The first-order valence-corrected chi connectivity index (χ1v) is 14.2. The highest BCUT2D eigenvalue weighted by molar-refractivity contribution is 6.32. The van der Waals surface area contributed by atoms with Gasteiger partial charge in [-0.25, -0.2) is 0 Å². The number of anilines is 1. The number of halogens is 1. The lowest BCUT2D eigenvalue weighted by atomic mass is 9.63. The van der Waals surface area contributed by atoms with Gasteiger partial charge in [0.2, 0.25) is 5.75 Å². The van der Waals surface area contributed by atoms with Crippen LogP contribution in [0.1, 0.15) is 58.5 Å². The maximum absolute atomic E-state index is 14.8. The molecule has 1 saturated heterocycles. The number of carbonyl (C=O) groups excluding carboxylic acids is 3. The maximum atomic E-state index is 14.8. The summed E-state index contributed by atoms with van der Waals surface area (Å²) in [6, 6.07) is 14.2. The van der Waals surface area contributed by atoms with E-state index < -0.39 is 28.8 Å². The lowest BCUT2D eigenvalue weighted by Crippen LogP contribution is -2.49. The van der Waals surface area contributed by atoms with E-state index >= 15 is 0 Å². The average Bonchev–Trinajstić information content (AvgIpc) is 3.40. The lowest BCUT2D eigenvalue weighted by Gasteiger charge is -2.38. The van der Waals surface area contributed by atoms with Crippen molar-refractivity contribution in [3.8, 4) is 17.2 Å². The van der Waals surface area contributed by atoms with Crippen LogP contribution >= 0.6 is 11.6 Å². The zero-order valence-corrected chi connectivity index (χ0v) is 25.1. The van der Waals surface area contributed by atoms with Gasteiger partial charge < -0.3 is 19.1 Å². The van der Waals surface area contributed by atoms with Crippen molar-refractivity contribution in [2.45, 2.75) is 38.8 Å². The quantitative estimate of drug-likeness (QED) is 0.320. The highest BCUT2D eigenvalue weighted by Gasteiger charge is 2.72. The summed E-state index contributed by atoms with van der Waals surface area (Å²) in [5.41, 5.74) is 0.287. The van der Waals surface area contributed by atoms with Crippen LogP contribution in [-0.4, -0.2) is 50.8 Å². The Balaban J connectivity index is 1.75. The summed E-state index contributed by atoms with van der Waals surface area (Å²) < 4.78 is 17.2. The molecule has 0 amide bonds. The predicted molar refractivity (Wildman–Crippen MR) is 161 cm³/mol. The van der Waals surface area contributed by atoms with Gasteiger partial charge in [-0.1, -0.05) is 74.9 Å². The number of benzene rings is 3. The van der Waals surface area contributed by atoms with Crippen LogP contribution in [0, 0.1) is 10.8 Å². The molecule has 3 atom stereocenters. The summed E-state index contributed by atoms with van der Waals surface area (Å²) in [6.45, 7) is 5.56. The number of hydrogen-bond donors (Lipinski definition) is 0. The molecule has 2 heterocycles. The van der Waals surface area contributed by atoms with E-state index in [1.165, 1.54) is 21.3 Å². The first kappa shape index (κ1) is 28.0. The van der Waals surface area contributed by atoms with Crippen LogP contribution < -0.4 is 19.1 Å². The number of ether oxygens (including phenoxy) is 3. The van der Waals surface area contributed by atoms with E-state index in [0.29, 0.717) is 39.0 Å². The third-order valence-electron chi connectivity index (χ3n) is 8.84. The Bertz CT molecular complexity index is 1650. The van der Waals surface area contributed by atoms with E-state index in [2.05, 4.69) is 0 Å². The summed E-state index contributed by atoms with van der Waals surface area (Å²) >= 11 is 6.38. The molecule has 0 saturated carbocycles. The van der Waals surface area contributed by atoms with Crippen LogP contribution in [-0.2, 0) is 4.79 Å². The molecular formula is C34H32ClNO6. The van der Waals surface area contributed by atoms with E-state index in [1.807, 2.05) is 50.0 Å². The van der Waals surface area contributed by atoms with Crippen LogP contribution in [0.5, 0.6) is 17.2 Å². The molecule has 7 nitrogen and oxygen atoms in total. The lowest BCUT2D eigenvalue weighted by molar-refractivity contribution is -0.127. The van der Waals surface area contributed by atoms with Gasteiger partial charge >= 0.3 is 0 Å². The van der Waals surface area contributed by atoms with Gasteiger partial charge in [-0.05, 0) is 29.8 Å². The van der Waals surface area contributed by atoms with Crippen LogP contribution in [0.3, 0.4) is 0 Å². The first-order valence-electron chi connectivity index (χ1n) is 13.8. The van der Waals surface area contributed by atoms with Crippen molar-refractivity contribution in [1.82, 2.24) is 0 Å². The summed E-state index contributed by atoms with van der Waals surface area (Å²) in [5.74, 6) is -0.616. The van der Waals surface area contributed by atoms with Gasteiger partial charge in [0.05, 0.1) is 33.4 Å². The molecule has 0 N–H and O–H groups in total. The van der Waals surface area contributed by atoms with Crippen molar-refractivity contribution >= 4 is 40.7 Å². The van der Waals surface area contributed by atoms with E-state index in [9.17, 15) is 14.4 Å². The average molecular weight is 586 g/mol. The molecule has 6 rings (SSSR count). The second-order valence-corrected chi connectivity index (χ2v) is 12.4. The Morgan fingerprint density at radius 3 is 2.10 bits per heavy atom. The SMILES string of the molecule is COc1ccc([C@H]2[C@H](C(=O)C(C)(C)C)N3c4ccc(Cl)cc4C=CC3C23C(=O)c2ccccc2C3=O)c(OC)c1OC. The largest absolute Gasteiger partial charge is 0.493 e. The molecule has 2 aliphatic heterocycles. The van der Waals surface area contributed by atoms with Gasteiger partial charge in [-0.2, -0.15) is 0 Å². The number of nitrogens with zero attached hydrogens (tertiary/aromatic N) is 1. The Labute approximate surface area is 250 Å². The number of methoxy groups -OCH3 is 3. The summed E-state index contributed by atoms with van der Waals surface area (Å²) in [5, 5.41) is 0.544. The molecule has 1 unspecified atom stereocenters. The minimum Gasteiger partial charge on any atom is -0.493 e. The molecule has 0 bridgehead atoms. The summed E-state index contributed by atoms with van der Waals surface area (Å²) in [7, 11) is 4.52. The highest BCUT2D eigenvalue weighted by Crippen LogP contribution is 2.63. The predicted octanol–water partition coefficient (Wildman–Crippen LogP) is 6.41. The minimum atomic E-state index is -1.66. The number of rotatable bonds is 5. The Kier molecular flexibility index (Phi) is 6.50. The van der Waals surface area contributed by atoms with Crippen molar-refractivity contribution in [2.24, 2.45) is 10.8 Å². The van der Waals surface area contributed by atoms with Gasteiger partial charge in [0.25, 0.3) is 0 Å². The molecule has 1 spiro atoms. The van der Waals surface area contributed by atoms with E-state index in [0.717, 1.165) is 11.3 Å². The van der Waals surface area contributed by atoms with Crippen LogP contribution in [0.4, 0.5) is 5.69 Å². The molecule has 3 aromatic rings. The monoisotopic (exact) mass is 585 g/mol. The van der Waals surface area contributed by atoms with Crippen LogP contribution in [0.15, 0.2) is 60.7 Å². The van der Waals surface area contributed by atoms with Gasteiger partial charge in [0, 0.05) is 38.7 Å². The van der Waals surface area contributed by atoms with Crippen LogP contribution in [0.2, 0.25) is 5.02 Å². The highest BCUT2D eigenvalue weighted by atomic mass is 35.5. The van der Waals surface area contributed by atoms with Crippen molar-refractivity contribution in [3.05, 3.63) is 87.9 Å². The standard InChI is InChI=1S/C34H32ClNO6/c1-33(2,3)32(39)27-26(22-13-15-24(40-4)29(42-6)28(22)41-5)34(30(37)20-9-7-8-10-21(20)31(34)38)25-16-11-18-17-19(35)12-14-23(18)36(25)27/h7-17,25-27H,1-6H3/t25?,26-,27+/m0/s1. The topological polar surface area (TPSA) is 82.1 Å². The fraction of sp³-hybridized carbons (Fsp3) is 0.324. The molecule has 1 fully saturated rings. The van der Waals surface area contributed by atoms with Gasteiger partial charge in [-0.3, -0.25) is 14.4 Å². The maximum Gasteiger partial charge on any atom is 0.203 e. The summed E-state index contributed by atoms with van der Waals surface area (Å²) in [4.78, 5) is 46.3. The third-order valence-corrected chi connectivity index (χ3v) is 9.08. The molecule has 8 heteroatoms. The fourth-order valence-corrected chi connectivity index (χ4v) is 7.28. The molecule has 216 valence electrons. The number of carbonyl (C=O) groups is 3. The number of hydrogen-bond acceptors (Lipinski definition) is 7. The second-order valence-electron chi connectivity index (χ2n) is 11.9. The summed E-state index contributed by atoms with van der Waals surface area (Å²) in [6.07, 6.45) is 3.76. The zero-order chi connectivity index (χ0) is 30.1. The molecular weight excluding hydrogens is 554 g/mol. The molecule has 0 radical (unpaired) electrons. The van der Waals surface area contributed by atoms with E-state index in [4.69, 9.17) is 25.8 Å². The van der Waals surface area contributed by atoms with Crippen molar-refractivity contribution in [3.63, 3.8) is 0 Å². The van der Waals surface area contributed by atoms with Gasteiger partial charge in [0.15, 0.2) is 28.8 Å². The van der Waals surface area contributed by atoms with Crippen molar-refractivity contribution in [1.29, 1.82) is 0 Å². The normalized spacial score (nSPS) is 21.7. The van der Waals surface area contributed by atoms with E-state index in [1.54, 1.807) is 42.5 Å². The Morgan fingerprint density at radius 1 is 0.881 bits per heavy atom. The fourth-order valence-electron chi connectivity index (χ4n) is 7.10. The smallest absolute Gasteiger partial charge is 0.203 e. The Hall–Kier alpha value is -4.10. The molecule has 42 heavy (non-hydrogen) atoms. The zero-order valence-electron chi connectivity index (χ0n) is 24.4. The number of ketones is 3. The van der Waals surface area contributed by atoms with Crippen LogP contribution in [0.25, 0.3) is 6.08 Å². The molecule has 1 aliphatic carbocycles. The van der Waals surface area contributed by atoms with E-state index in [-0.39, 0.29) is 17.3 Å². The van der Waals surface area contributed by atoms with Gasteiger partial charge in [0.1, 0.15) is 5.41 Å². The number of fused-ring (bicyclic) bond motifs is 5.